The standard InChI is InChI=1S/C19H26N4O3/c1-19(2)17(25)20-18(26)23(19)13-16(24)21(3)15-9-10-22(12-15)11-14-7-5-4-6-8-14/h4-8,15H,9-13H2,1-3H3,(H,20,25,26). The number of hydrogen-bond acceptors (Lipinski definition) is 4. The fourth-order valence-corrected chi connectivity index (χ4v) is 3.53. The summed E-state index contributed by atoms with van der Waals surface area (Å²) in [7, 11) is 1.78. The lowest BCUT2D eigenvalue weighted by molar-refractivity contribution is -0.134. The van der Waals surface area contributed by atoms with Crippen LogP contribution in [0.3, 0.4) is 0 Å². The molecular formula is C19H26N4O3. The van der Waals surface area contributed by atoms with Crippen LogP contribution in [0.15, 0.2) is 30.3 Å². The highest BCUT2D eigenvalue weighted by Gasteiger charge is 2.46. The quantitative estimate of drug-likeness (QED) is 0.799. The zero-order valence-electron chi connectivity index (χ0n) is 15.6. The van der Waals surface area contributed by atoms with Crippen LogP contribution in [-0.4, -0.2) is 70.8 Å². The van der Waals surface area contributed by atoms with Crippen LogP contribution in [-0.2, 0) is 16.1 Å². The zero-order valence-corrected chi connectivity index (χ0v) is 15.6. The Morgan fingerprint density at radius 2 is 1.96 bits per heavy atom. The fraction of sp³-hybridized carbons (Fsp3) is 0.526. The second-order valence-electron chi connectivity index (χ2n) is 7.57. The molecule has 3 rings (SSSR count). The number of imide groups is 1. The maximum Gasteiger partial charge on any atom is 0.325 e. The van der Waals surface area contributed by atoms with Crippen molar-refractivity contribution in [3.8, 4) is 0 Å². The molecule has 0 aliphatic carbocycles. The van der Waals surface area contributed by atoms with Gasteiger partial charge in [0, 0.05) is 32.7 Å². The molecular weight excluding hydrogens is 332 g/mol. The lowest BCUT2D eigenvalue weighted by atomic mass is 10.0. The number of carbonyl (C=O) groups is 3. The Hall–Kier alpha value is -2.41. The minimum atomic E-state index is -0.997. The molecule has 1 N–H and O–H groups in total. The summed E-state index contributed by atoms with van der Waals surface area (Å²) in [4.78, 5) is 41.8. The van der Waals surface area contributed by atoms with Gasteiger partial charge >= 0.3 is 6.03 Å². The number of benzene rings is 1. The molecule has 26 heavy (non-hydrogen) atoms. The molecule has 7 heteroatoms. The summed E-state index contributed by atoms with van der Waals surface area (Å²) in [6.07, 6.45) is 0.906. The van der Waals surface area contributed by atoms with Gasteiger partial charge in [0.2, 0.25) is 5.91 Å². The minimum absolute atomic E-state index is 0.0870. The predicted octanol–water partition coefficient (Wildman–Crippen LogP) is 1.05. The number of hydrogen-bond donors (Lipinski definition) is 1. The molecule has 0 bridgehead atoms. The van der Waals surface area contributed by atoms with Crippen molar-refractivity contribution in [2.75, 3.05) is 26.7 Å². The van der Waals surface area contributed by atoms with Gasteiger partial charge in [-0.2, -0.15) is 0 Å². The van der Waals surface area contributed by atoms with E-state index in [4.69, 9.17) is 0 Å². The summed E-state index contributed by atoms with van der Waals surface area (Å²) in [6.45, 7) is 5.83. The lowest BCUT2D eigenvalue weighted by Gasteiger charge is -2.31. The average molecular weight is 358 g/mol. The first kappa shape index (κ1) is 18.4. The number of nitrogens with zero attached hydrogens (tertiary/aromatic N) is 3. The summed E-state index contributed by atoms with van der Waals surface area (Å²) in [5.41, 5.74) is 0.263. The topological polar surface area (TPSA) is 73.0 Å². The first-order valence-corrected chi connectivity index (χ1v) is 8.94. The van der Waals surface area contributed by atoms with Gasteiger partial charge in [0.1, 0.15) is 12.1 Å². The maximum atomic E-state index is 12.7. The molecule has 2 aliphatic rings. The van der Waals surface area contributed by atoms with Crippen LogP contribution >= 0.6 is 0 Å². The third kappa shape index (κ3) is 3.58. The Morgan fingerprint density at radius 1 is 1.27 bits per heavy atom. The number of carbonyl (C=O) groups excluding carboxylic acids is 3. The number of rotatable bonds is 5. The smallest absolute Gasteiger partial charge is 0.325 e. The van der Waals surface area contributed by atoms with Crippen LogP contribution < -0.4 is 5.32 Å². The van der Waals surface area contributed by atoms with Crippen molar-refractivity contribution in [1.82, 2.24) is 20.0 Å². The van der Waals surface area contributed by atoms with Gasteiger partial charge in [-0.3, -0.25) is 19.8 Å². The van der Waals surface area contributed by atoms with Gasteiger partial charge in [-0.05, 0) is 25.8 Å². The average Bonchev–Trinajstić information content (AvgIpc) is 3.14. The highest BCUT2D eigenvalue weighted by atomic mass is 16.2. The Labute approximate surface area is 153 Å². The molecule has 2 heterocycles. The molecule has 0 spiro atoms. The van der Waals surface area contributed by atoms with E-state index in [1.165, 1.54) is 10.5 Å². The molecule has 1 aromatic carbocycles. The van der Waals surface area contributed by atoms with Crippen LogP contribution in [0, 0.1) is 0 Å². The third-order valence-electron chi connectivity index (χ3n) is 5.43. The van der Waals surface area contributed by atoms with Crippen LogP contribution in [0.1, 0.15) is 25.8 Å². The SMILES string of the molecule is CN(C(=O)CN1C(=O)NC(=O)C1(C)C)C1CCN(Cc2ccccc2)C1. The highest BCUT2D eigenvalue weighted by molar-refractivity contribution is 6.07. The predicted molar refractivity (Wildman–Crippen MR) is 97.2 cm³/mol. The van der Waals surface area contributed by atoms with Gasteiger partial charge in [0.15, 0.2) is 0 Å². The van der Waals surface area contributed by atoms with Crippen molar-refractivity contribution >= 4 is 17.8 Å². The molecule has 2 saturated heterocycles. The second kappa shape index (κ2) is 7.07. The van der Waals surface area contributed by atoms with Crippen molar-refractivity contribution in [1.29, 1.82) is 0 Å². The van der Waals surface area contributed by atoms with E-state index in [0.29, 0.717) is 0 Å². The first-order chi connectivity index (χ1) is 12.3. The van der Waals surface area contributed by atoms with Gasteiger partial charge in [-0.15, -0.1) is 0 Å². The Bertz CT molecular complexity index is 704. The van der Waals surface area contributed by atoms with Gasteiger partial charge in [-0.1, -0.05) is 30.3 Å². The second-order valence-corrected chi connectivity index (χ2v) is 7.57. The van der Waals surface area contributed by atoms with E-state index in [2.05, 4.69) is 22.3 Å². The number of urea groups is 1. The Kier molecular flexibility index (Phi) is 5.00. The Morgan fingerprint density at radius 3 is 2.58 bits per heavy atom. The summed E-state index contributed by atoms with van der Waals surface area (Å²) < 4.78 is 0. The molecule has 1 atom stereocenters. The molecule has 2 fully saturated rings. The van der Waals surface area contributed by atoms with Crippen molar-refractivity contribution in [2.45, 2.75) is 38.4 Å². The number of likely N-dealkylation sites (tertiary alicyclic amines) is 1. The van der Waals surface area contributed by atoms with Crippen molar-refractivity contribution in [3.63, 3.8) is 0 Å². The minimum Gasteiger partial charge on any atom is -0.340 e. The number of amides is 4. The van der Waals surface area contributed by atoms with Gasteiger partial charge in [-0.25, -0.2) is 4.79 Å². The van der Waals surface area contributed by atoms with Gasteiger partial charge in [0.25, 0.3) is 5.91 Å². The Balaban J connectivity index is 1.56. The van der Waals surface area contributed by atoms with Crippen molar-refractivity contribution < 1.29 is 14.4 Å². The summed E-state index contributed by atoms with van der Waals surface area (Å²) in [6, 6.07) is 9.89. The molecule has 1 aromatic rings. The third-order valence-corrected chi connectivity index (χ3v) is 5.43. The zero-order chi connectivity index (χ0) is 18.9. The van der Waals surface area contributed by atoms with E-state index in [1.54, 1.807) is 25.8 Å². The summed E-state index contributed by atoms with van der Waals surface area (Å²) in [5.74, 6) is -0.512. The summed E-state index contributed by atoms with van der Waals surface area (Å²) in [5, 5.41) is 2.27. The van der Waals surface area contributed by atoms with Crippen LogP contribution in [0.25, 0.3) is 0 Å². The molecule has 7 nitrogen and oxygen atoms in total. The van der Waals surface area contributed by atoms with E-state index in [0.717, 1.165) is 26.1 Å². The molecule has 1 unspecified atom stereocenters. The van der Waals surface area contributed by atoms with Gasteiger partial charge in [0.05, 0.1) is 0 Å². The van der Waals surface area contributed by atoms with Crippen molar-refractivity contribution in [2.24, 2.45) is 0 Å². The van der Waals surface area contributed by atoms with E-state index in [-0.39, 0.29) is 24.4 Å². The first-order valence-electron chi connectivity index (χ1n) is 8.94. The normalized spacial score (nSPS) is 22.6. The molecule has 4 amide bonds. The summed E-state index contributed by atoms with van der Waals surface area (Å²) >= 11 is 0. The molecule has 0 saturated carbocycles. The van der Waals surface area contributed by atoms with E-state index >= 15 is 0 Å². The molecule has 0 aromatic heterocycles. The molecule has 2 aliphatic heterocycles. The van der Waals surface area contributed by atoms with Crippen LogP contribution in [0.2, 0.25) is 0 Å². The highest BCUT2D eigenvalue weighted by Crippen LogP contribution is 2.22. The van der Waals surface area contributed by atoms with E-state index in [9.17, 15) is 14.4 Å². The van der Waals surface area contributed by atoms with Crippen LogP contribution in [0.4, 0.5) is 4.79 Å². The monoisotopic (exact) mass is 358 g/mol. The van der Waals surface area contributed by atoms with Gasteiger partial charge < -0.3 is 9.80 Å². The number of nitrogens with one attached hydrogen (secondary N) is 1. The lowest BCUT2D eigenvalue weighted by Crippen LogP contribution is -2.51. The van der Waals surface area contributed by atoms with E-state index in [1.807, 2.05) is 18.2 Å². The fourth-order valence-electron chi connectivity index (χ4n) is 3.53. The maximum absolute atomic E-state index is 12.7. The number of likely N-dealkylation sites (N-methyl/N-ethyl adjacent to an activating group) is 1. The van der Waals surface area contributed by atoms with Crippen molar-refractivity contribution in [3.05, 3.63) is 35.9 Å². The van der Waals surface area contributed by atoms with E-state index < -0.39 is 11.6 Å². The largest absolute Gasteiger partial charge is 0.340 e. The molecule has 140 valence electrons. The van der Waals surface area contributed by atoms with Crippen LogP contribution in [0.5, 0.6) is 0 Å². The molecule has 0 radical (unpaired) electrons.